The molecule has 6 rings (SSSR count). The van der Waals surface area contributed by atoms with E-state index in [0.717, 1.165) is 10.9 Å². The quantitative estimate of drug-likeness (QED) is 0.636. The highest BCUT2D eigenvalue weighted by Crippen LogP contribution is 2.46. The number of hydrogen-bond donors (Lipinski definition) is 2. The summed E-state index contributed by atoms with van der Waals surface area (Å²) >= 11 is 0. The molecule has 9 nitrogen and oxygen atoms in total. The highest BCUT2D eigenvalue weighted by Gasteiger charge is 2.49. The van der Waals surface area contributed by atoms with Gasteiger partial charge >= 0.3 is 0 Å². The van der Waals surface area contributed by atoms with Gasteiger partial charge < -0.3 is 29.2 Å². The SMILES string of the molecule is C[C@H](CO)N1CC(=O)N2C(=C(c3c[nH]c4ccccc34)OC2c2ccc3c(c2)OCO3)C1=O. The van der Waals surface area contributed by atoms with Crippen molar-refractivity contribution in [1.82, 2.24) is 14.8 Å². The van der Waals surface area contributed by atoms with Crippen LogP contribution >= 0.6 is 0 Å². The van der Waals surface area contributed by atoms with E-state index in [-0.39, 0.29) is 37.5 Å². The fourth-order valence-corrected chi connectivity index (χ4v) is 4.52. The van der Waals surface area contributed by atoms with Crippen LogP contribution in [0.25, 0.3) is 16.7 Å². The first-order valence-electron chi connectivity index (χ1n) is 10.7. The first-order chi connectivity index (χ1) is 16.1. The molecule has 0 saturated carbocycles. The van der Waals surface area contributed by atoms with Crippen LogP contribution < -0.4 is 9.47 Å². The van der Waals surface area contributed by atoms with Gasteiger partial charge in [-0.15, -0.1) is 0 Å². The maximum absolute atomic E-state index is 13.6. The number of fused-ring (bicyclic) bond motifs is 3. The summed E-state index contributed by atoms with van der Waals surface area (Å²) in [5.41, 5.74) is 2.40. The molecule has 2 N–H and O–H groups in total. The summed E-state index contributed by atoms with van der Waals surface area (Å²) in [4.78, 5) is 32.9. The molecule has 1 aromatic heterocycles. The molecule has 1 saturated heterocycles. The lowest BCUT2D eigenvalue weighted by molar-refractivity contribution is -0.151. The Bertz CT molecular complexity index is 1330. The summed E-state index contributed by atoms with van der Waals surface area (Å²) in [7, 11) is 0. The Kier molecular flexibility index (Phi) is 4.34. The number of aromatic amines is 1. The third-order valence-corrected chi connectivity index (χ3v) is 6.27. The number of carbonyl (C=O) groups excluding carboxylic acids is 2. The summed E-state index contributed by atoms with van der Waals surface area (Å²) in [6.45, 7) is 1.44. The lowest BCUT2D eigenvalue weighted by atomic mass is 10.1. The number of nitrogens with zero attached hydrogens (tertiary/aromatic N) is 2. The first kappa shape index (κ1) is 19.7. The van der Waals surface area contributed by atoms with Crippen LogP contribution in [-0.4, -0.2) is 57.7 Å². The van der Waals surface area contributed by atoms with Gasteiger partial charge in [0.15, 0.2) is 23.0 Å². The molecule has 3 aliphatic heterocycles. The predicted molar refractivity (Wildman–Crippen MR) is 117 cm³/mol. The number of hydrogen-bond acceptors (Lipinski definition) is 6. The molecule has 2 amide bonds. The molecular weight excluding hydrogens is 426 g/mol. The Morgan fingerprint density at radius 3 is 2.82 bits per heavy atom. The second-order valence-corrected chi connectivity index (χ2v) is 8.24. The molecule has 1 unspecified atom stereocenters. The largest absolute Gasteiger partial charge is 0.463 e. The fourth-order valence-electron chi connectivity index (χ4n) is 4.52. The van der Waals surface area contributed by atoms with Crippen LogP contribution in [0, 0.1) is 0 Å². The minimum absolute atomic E-state index is 0.129. The van der Waals surface area contributed by atoms with Crippen LogP contribution in [0.15, 0.2) is 54.4 Å². The van der Waals surface area contributed by atoms with E-state index in [2.05, 4.69) is 4.98 Å². The van der Waals surface area contributed by atoms with Gasteiger partial charge in [-0.1, -0.05) is 18.2 Å². The Labute approximate surface area is 188 Å². The van der Waals surface area contributed by atoms with Crippen molar-refractivity contribution in [2.75, 3.05) is 19.9 Å². The van der Waals surface area contributed by atoms with Gasteiger partial charge in [-0.3, -0.25) is 14.5 Å². The van der Waals surface area contributed by atoms with Crippen molar-refractivity contribution in [3.63, 3.8) is 0 Å². The van der Waals surface area contributed by atoms with Crippen LogP contribution in [0.4, 0.5) is 0 Å². The smallest absolute Gasteiger partial charge is 0.275 e. The zero-order chi connectivity index (χ0) is 22.7. The summed E-state index contributed by atoms with van der Waals surface area (Å²) < 4.78 is 17.3. The Morgan fingerprint density at radius 2 is 1.97 bits per heavy atom. The van der Waals surface area contributed by atoms with Crippen molar-refractivity contribution in [2.45, 2.75) is 19.2 Å². The number of rotatable bonds is 4. The molecule has 0 aliphatic carbocycles. The highest BCUT2D eigenvalue weighted by atomic mass is 16.7. The van der Waals surface area contributed by atoms with Crippen molar-refractivity contribution < 1.29 is 28.9 Å². The molecule has 0 bridgehead atoms. The van der Waals surface area contributed by atoms with E-state index in [0.29, 0.717) is 28.4 Å². The number of aliphatic hydroxyl groups excluding tert-OH is 1. The van der Waals surface area contributed by atoms with Crippen molar-refractivity contribution in [3.8, 4) is 11.5 Å². The van der Waals surface area contributed by atoms with Crippen molar-refractivity contribution in [3.05, 3.63) is 65.5 Å². The summed E-state index contributed by atoms with van der Waals surface area (Å²) in [5.74, 6) is 0.848. The summed E-state index contributed by atoms with van der Waals surface area (Å²) in [6.07, 6.45) is 0.945. The topological polar surface area (TPSA) is 104 Å². The maximum Gasteiger partial charge on any atom is 0.275 e. The molecule has 3 aliphatic rings. The fraction of sp³-hybridized carbons (Fsp3) is 0.250. The zero-order valence-electron chi connectivity index (χ0n) is 17.8. The van der Waals surface area contributed by atoms with E-state index in [1.165, 1.54) is 9.80 Å². The lowest BCUT2D eigenvalue weighted by Crippen LogP contribution is -2.55. The first-order valence-corrected chi connectivity index (χ1v) is 10.7. The average molecular weight is 447 g/mol. The minimum Gasteiger partial charge on any atom is -0.463 e. The normalized spacial score (nSPS) is 20.5. The van der Waals surface area contributed by atoms with Crippen molar-refractivity contribution >= 4 is 28.5 Å². The zero-order valence-corrected chi connectivity index (χ0v) is 17.8. The molecule has 0 spiro atoms. The van der Waals surface area contributed by atoms with Crippen LogP contribution in [0.1, 0.15) is 24.3 Å². The third-order valence-electron chi connectivity index (χ3n) is 6.27. The van der Waals surface area contributed by atoms with E-state index in [1.54, 1.807) is 31.3 Å². The molecular formula is C24H21N3O6. The van der Waals surface area contributed by atoms with Crippen molar-refractivity contribution in [1.29, 1.82) is 0 Å². The number of amides is 2. The van der Waals surface area contributed by atoms with E-state index >= 15 is 0 Å². The van der Waals surface area contributed by atoms with E-state index < -0.39 is 12.3 Å². The number of nitrogens with one attached hydrogen (secondary N) is 1. The van der Waals surface area contributed by atoms with Crippen LogP contribution in [0.2, 0.25) is 0 Å². The summed E-state index contributed by atoms with van der Waals surface area (Å²) in [5, 5.41) is 10.5. The Balaban J connectivity index is 1.51. The predicted octanol–water partition coefficient (Wildman–Crippen LogP) is 2.35. The molecule has 3 aromatic rings. The van der Waals surface area contributed by atoms with E-state index in [4.69, 9.17) is 14.2 Å². The molecule has 4 heterocycles. The number of aliphatic hydroxyl groups is 1. The number of carbonyl (C=O) groups is 2. The lowest BCUT2D eigenvalue weighted by Gasteiger charge is -2.37. The van der Waals surface area contributed by atoms with Gasteiger partial charge in [0.05, 0.1) is 12.6 Å². The number of aromatic nitrogens is 1. The number of benzene rings is 2. The average Bonchev–Trinajstić information content (AvgIpc) is 3.56. The van der Waals surface area contributed by atoms with Gasteiger partial charge in [0, 0.05) is 28.2 Å². The third kappa shape index (κ3) is 2.89. The summed E-state index contributed by atoms with van der Waals surface area (Å²) in [6, 6.07) is 12.5. The molecule has 33 heavy (non-hydrogen) atoms. The van der Waals surface area contributed by atoms with Crippen LogP contribution in [-0.2, 0) is 14.3 Å². The standard InChI is InChI=1S/C24H21N3O6/c1-13(11-28)26-10-20(29)27-21(23(26)30)22(16-9-25-17-5-3-2-4-15(16)17)33-24(27)14-6-7-18-19(8-14)32-12-31-18/h2-9,13,24-25,28H,10-12H2,1H3/t13-,24?/m1/s1. The minimum atomic E-state index is -0.832. The molecule has 9 heteroatoms. The Morgan fingerprint density at radius 1 is 1.15 bits per heavy atom. The van der Waals surface area contributed by atoms with Gasteiger partial charge in [0.25, 0.3) is 5.91 Å². The molecule has 2 atom stereocenters. The van der Waals surface area contributed by atoms with Gasteiger partial charge in [-0.25, -0.2) is 0 Å². The van der Waals surface area contributed by atoms with Gasteiger partial charge in [-0.2, -0.15) is 0 Å². The number of para-hydroxylation sites is 1. The molecule has 1 fully saturated rings. The maximum atomic E-state index is 13.6. The second-order valence-electron chi connectivity index (χ2n) is 8.24. The molecule has 2 aromatic carbocycles. The molecule has 0 radical (unpaired) electrons. The number of piperazine rings is 1. The highest BCUT2D eigenvalue weighted by molar-refractivity contribution is 6.10. The number of H-pyrrole nitrogens is 1. The van der Waals surface area contributed by atoms with Gasteiger partial charge in [-0.05, 0) is 31.2 Å². The van der Waals surface area contributed by atoms with Crippen LogP contribution in [0.3, 0.4) is 0 Å². The monoisotopic (exact) mass is 447 g/mol. The van der Waals surface area contributed by atoms with E-state index in [1.807, 2.05) is 24.3 Å². The van der Waals surface area contributed by atoms with Crippen LogP contribution in [0.5, 0.6) is 11.5 Å². The molecule has 168 valence electrons. The van der Waals surface area contributed by atoms with Gasteiger partial charge in [0.1, 0.15) is 6.54 Å². The van der Waals surface area contributed by atoms with Gasteiger partial charge in [0.2, 0.25) is 18.9 Å². The van der Waals surface area contributed by atoms with E-state index in [9.17, 15) is 14.7 Å². The number of ether oxygens (including phenoxy) is 3. The Hall–Kier alpha value is -3.98. The van der Waals surface area contributed by atoms with Crippen molar-refractivity contribution in [2.24, 2.45) is 0 Å². The second kappa shape index (κ2) is 7.28.